The maximum atomic E-state index is 13.4. The Hall–Kier alpha value is -1.47. The molecule has 1 amide bonds. The number of halogens is 2. The molecule has 2 aliphatic heterocycles. The molecule has 1 aromatic rings. The Morgan fingerprint density at radius 1 is 1.35 bits per heavy atom. The number of carbonyl (C=O) groups excluding carboxylic acids is 1. The van der Waals surface area contributed by atoms with Gasteiger partial charge in [0.1, 0.15) is 17.4 Å². The topological polar surface area (TPSA) is 42.1 Å². The zero-order chi connectivity index (χ0) is 16.8. The zero-order valence-electron chi connectivity index (χ0n) is 13.1. The quantitative estimate of drug-likeness (QED) is 0.632. The van der Waals surface area contributed by atoms with Crippen LogP contribution in [-0.4, -0.2) is 49.1 Å². The molecule has 2 aliphatic rings. The van der Waals surface area contributed by atoms with Crippen LogP contribution in [0.2, 0.25) is 0 Å². The molecule has 23 heavy (non-hydrogen) atoms. The van der Waals surface area contributed by atoms with Crippen LogP contribution in [0.15, 0.2) is 18.2 Å². The van der Waals surface area contributed by atoms with Gasteiger partial charge >= 0.3 is 0 Å². The van der Waals surface area contributed by atoms with E-state index in [-0.39, 0.29) is 18.6 Å². The minimum Gasteiger partial charge on any atom is -0.373 e. The van der Waals surface area contributed by atoms with E-state index in [2.05, 4.69) is 0 Å². The third kappa shape index (κ3) is 3.56. The van der Waals surface area contributed by atoms with E-state index in [9.17, 15) is 13.6 Å². The van der Waals surface area contributed by atoms with Crippen LogP contribution < -0.4 is 0 Å². The molecule has 0 aromatic heterocycles. The van der Waals surface area contributed by atoms with Crippen LogP contribution in [0, 0.1) is 11.6 Å². The summed E-state index contributed by atoms with van der Waals surface area (Å²) in [4.78, 5) is 13.3. The minimum atomic E-state index is -0.873. The fourth-order valence-corrected chi connectivity index (χ4v) is 3.36. The van der Waals surface area contributed by atoms with E-state index in [1.165, 1.54) is 17.0 Å². The molecule has 2 heterocycles. The van der Waals surface area contributed by atoms with Crippen molar-refractivity contribution in [1.29, 1.82) is 0 Å². The molecule has 0 aliphatic carbocycles. The van der Waals surface area contributed by atoms with E-state index in [4.69, 9.17) is 17.3 Å². The zero-order valence-corrected chi connectivity index (χ0v) is 13.1. The summed E-state index contributed by atoms with van der Waals surface area (Å²) < 4.78 is 38.1. The van der Waals surface area contributed by atoms with Crippen molar-refractivity contribution >= 4 is 13.7 Å². The summed E-state index contributed by atoms with van der Waals surface area (Å²) in [5.74, 6) is -1.91. The van der Waals surface area contributed by atoms with Crippen LogP contribution in [0.4, 0.5) is 13.6 Å². The van der Waals surface area contributed by atoms with Crippen LogP contribution in [0.5, 0.6) is 0 Å². The summed E-state index contributed by atoms with van der Waals surface area (Å²) in [5.41, 5.74) is -0.413. The average molecular weight is 321 g/mol. The van der Waals surface area contributed by atoms with Gasteiger partial charge in [-0.3, -0.25) is 4.79 Å². The molecular formula is C16H18BF2NO3. The Morgan fingerprint density at radius 2 is 1.96 bits per heavy atom. The second kappa shape index (κ2) is 5.87. The molecule has 0 spiro atoms. The Balaban J connectivity index is 1.87. The predicted octanol–water partition coefficient (Wildman–Crippen LogP) is 2.39. The second-order valence-corrected chi connectivity index (χ2v) is 6.55. The van der Waals surface area contributed by atoms with Crippen molar-refractivity contribution in [2.24, 2.45) is 0 Å². The summed E-state index contributed by atoms with van der Waals surface area (Å²) in [6, 6.07) is 2.95. The first kappa shape index (κ1) is 16.4. The fourth-order valence-electron chi connectivity index (χ4n) is 3.36. The molecule has 0 saturated carbocycles. The second-order valence-electron chi connectivity index (χ2n) is 6.55. The first-order chi connectivity index (χ1) is 10.8. The lowest BCUT2D eigenvalue weighted by Gasteiger charge is -2.33. The summed E-state index contributed by atoms with van der Waals surface area (Å²) in [6.45, 7) is 4.17. The van der Waals surface area contributed by atoms with Crippen LogP contribution in [0.1, 0.15) is 25.8 Å². The van der Waals surface area contributed by atoms with Gasteiger partial charge in [0.15, 0.2) is 5.81 Å². The van der Waals surface area contributed by atoms with E-state index >= 15 is 0 Å². The van der Waals surface area contributed by atoms with Gasteiger partial charge < -0.3 is 14.4 Å². The third-order valence-electron chi connectivity index (χ3n) is 4.28. The Kier molecular flexibility index (Phi) is 4.18. The molecule has 0 bridgehead atoms. The normalized spacial score (nSPS) is 28.9. The van der Waals surface area contributed by atoms with Crippen LogP contribution >= 0.6 is 0 Å². The van der Waals surface area contributed by atoms with Gasteiger partial charge in [-0.15, -0.1) is 0 Å². The van der Waals surface area contributed by atoms with Gasteiger partial charge in [0, 0.05) is 12.5 Å². The molecule has 122 valence electrons. The summed E-state index contributed by atoms with van der Waals surface area (Å²) in [6.07, 6.45) is 0.695. The Bertz CT molecular complexity index is 601. The van der Waals surface area contributed by atoms with E-state index in [0.29, 0.717) is 18.6 Å². The molecule has 2 radical (unpaired) electrons. The maximum absolute atomic E-state index is 13.4. The third-order valence-corrected chi connectivity index (χ3v) is 4.28. The van der Waals surface area contributed by atoms with Crippen molar-refractivity contribution in [1.82, 2.24) is 4.90 Å². The lowest BCUT2D eigenvalue weighted by molar-refractivity contribution is -0.0606. The fraction of sp³-hybridized carbons (Fsp3) is 0.562. The smallest absolute Gasteiger partial charge is 0.200 e. The molecule has 0 unspecified atom stereocenters. The Labute approximate surface area is 135 Å². The van der Waals surface area contributed by atoms with Crippen LogP contribution in [-0.2, 0) is 15.9 Å². The average Bonchev–Trinajstić information content (AvgIpc) is 3.14. The lowest BCUT2D eigenvalue weighted by atomic mass is 9.94. The van der Waals surface area contributed by atoms with Crippen molar-refractivity contribution in [2.45, 2.75) is 50.7 Å². The number of nitrogens with zero attached hydrogens (tertiary/aromatic N) is 1. The standard InChI is InChI=1S/C16H18BF2NO3/c1-16(2)20(15(17)21)13(14(23-16)7-12-8-22-12)5-9-3-10(18)6-11(19)4-9/h3-4,6,12-14H,5,7-8H2,1-2H3/t12-,13+,14-/m1/s1. The number of carbonyl (C=O) groups is 1. The van der Waals surface area contributed by atoms with Gasteiger partial charge in [0.25, 0.3) is 0 Å². The first-order valence-corrected chi connectivity index (χ1v) is 7.59. The molecule has 3 rings (SSSR count). The van der Waals surface area contributed by atoms with E-state index < -0.39 is 29.2 Å². The van der Waals surface area contributed by atoms with Crippen molar-refractivity contribution in [2.75, 3.05) is 6.61 Å². The lowest BCUT2D eigenvalue weighted by Crippen LogP contribution is -2.48. The number of epoxide rings is 1. The largest absolute Gasteiger partial charge is 0.373 e. The molecule has 2 fully saturated rings. The highest BCUT2D eigenvalue weighted by Gasteiger charge is 2.49. The molecule has 4 nitrogen and oxygen atoms in total. The van der Waals surface area contributed by atoms with Crippen LogP contribution in [0.25, 0.3) is 0 Å². The van der Waals surface area contributed by atoms with E-state index in [1.54, 1.807) is 13.8 Å². The number of ether oxygens (including phenoxy) is 2. The molecule has 7 heteroatoms. The molecule has 1 aromatic carbocycles. The van der Waals surface area contributed by atoms with Crippen molar-refractivity contribution in [3.63, 3.8) is 0 Å². The SMILES string of the molecule is [B]C(=O)N1[C@@H](Cc2cc(F)cc(F)c2)[C@@H](C[C@@H]2CO2)OC1(C)C. The number of rotatable bonds is 4. The van der Waals surface area contributed by atoms with Gasteiger partial charge in [-0.1, -0.05) is 0 Å². The first-order valence-electron chi connectivity index (χ1n) is 7.59. The van der Waals surface area contributed by atoms with Gasteiger partial charge in [0.2, 0.25) is 7.85 Å². The van der Waals surface area contributed by atoms with Crippen molar-refractivity contribution in [3.8, 4) is 0 Å². The molecule has 2 saturated heterocycles. The number of benzene rings is 1. The predicted molar refractivity (Wildman–Crippen MR) is 80.1 cm³/mol. The summed E-state index contributed by atoms with van der Waals surface area (Å²) >= 11 is 0. The highest BCUT2D eigenvalue weighted by Crippen LogP contribution is 2.37. The molecule has 0 N–H and O–H groups in total. The molecular weight excluding hydrogens is 303 g/mol. The van der Waals surface area contributed by atoms with Gasteiger partial charge in [-0.25, -0.2) is 8.78 Å². The number of hydrogen-bond acceptors (Lipinski definition) is 3. The highest BCUT2D eigenvalue weighted by atomic mass is 19.1. The van der Waals surface area contributed by atoms with Crippen LogP contribution in [0.3, 0.4) is 0 Å². The monoisotopic (exact) mass is 321 g/mol. The number of amides is 1. The Morgan fingerprint density at radius 3 is 2.48 bits per heavy atom. The van der Waals surface area contributed by atoms with Crippen molar-refractivity contribution in [3.05, 3.63) is 35.4 Å². The van der Waals surface area contributed by atoms with E-state index in [0.717, 1.165) is 6.07 Å². The van der Waals surface area contributed by atoms with Gasteiger partial charge in [-0.2, -0.15) is 0 Å². The summed E-state index contributed by atoms with van der Waals surface area (Å²) in [7, 11) is 5.51. The van der Waals surface area contributed by atoms with Gasteiger partial charge in [0.05, 0.1) is 24.9 Å². The summed E-state index contributed by atoms with van der Waals surface area (Å²) in [5, 5.41) is 0. The minimum absolute atomic E-state index is 0.107. The van der Waals surface area contributed by atoms with Crippen molar-refractivity contribution < 1.29 is 23.0 Å². The maximum Gasteiger partial charge on any atom is 0.200 e. The van der Waals surface area contributed by atoms with E-state index in [1.807, 2.05) is 0 Å². The molecule has 3 atom stereocenters. The van der Waals surface area contributed by atoms with Gasteiger partial charge in [-0.05, 0) is 38.0 Å². The highest BCUT2D eigenvalue weighted by molar-refractivity contribution is 6.57. The number of hydrogen-bond donors (Lipinski definition) is 0.